The zero-order valence-electron chi connectivity index (χ0n) is 7.36. The van der Waals surface area contributed by atoms with Crippen molar-refractivity contribution in [2.24, 2.45) is 0 Å². The Balaban J connectivity index is 1.99. The Morgan fingerprint density at radius 3 is 2.58 bits per heavy atom. The molecule has 1 saturated heterocycles. The molecule has 0 unspecified atom stereocenters. The minimum Gasteiger partial charge on any atom is -0.361 e. The molecule has 1 aromatic rings. The Bertz CT molecular complexity index is 225. The summed E-state index contributed by atoms with van der Waals surface area (Å²) in [5.41, 5.74) is 0. The third-order valence-corrected chi connectivity index (χ3v) is 3.25. The van der Waals surface area contributed by atoms with Gasteiger partial charge < -0.3 is 9.80 Å². The number of nitrogens with zero attached hydrogens (tertiary/aromatic N) is 2. The van der Waals surface area contributed by atoms with E-state index in [0.29, 0.717) is 0 Å². The Morgan fingerprint density at radius 1 is 1.25 bits per heavy atom. The summed E-state index contributed by atoms with van der Waals surface area (Å²) in [5.74, 6) is 0. The summed E-state index contributed by atoms with van der Waals surface area (Å²) in [6.07, 6.45) is 0. The molecule has 0 atom stereocenters. The molecule has 12 heavy (non-hydrogen) atoms. The van der Waals surface area contributed by atoms with Crippen LogP contribution >= 0.6 is 11.3 Å². The van der Waals surface area contributed by atoms with Crippen LogP contribution in [0.1, 0.15) is 0 Å². The monoisotopic (exact) mass is 182 g/mol. The molecule has 0 aromatic carbocycles. The number of hydrogen-bond acceptors (Lipinski definition) is 3. The second kappa shape index (κ2) is 3.46. The van der Waals surface area contributed by atoms with Gasteiger partial charge in [0.15, 0.2) is 0 Å². The largest absolute Gasteiger partial charge is 0.361 e. The SMILES string of the molecule is CN1CCN(c2cccs2)CC1. The van der Waals surface area contributed by atoms with Crippen molar-refractivity contribution in [3.63, 3.8) is 0 Å². The second-order valence-electron chi connectivity index (χ2n) is 3.24. The van der Waals surface area contributed by atoms with Gasteiger partial charge in [-0.2, -0.15) is 0 Å². The van der Waals surface area contributed by atoms with Crippen molar-refractivity contribution in [2.75, 3.05) is 38.1 Å². The number of anilines is 1. The number of likely N-dealkylation sites (N-methyl/N-ethyl adjacent to an activating group) is 1. The van der Waals surface area contributed by atoms with Crippen LogP contribution < -0.4 is 4.90 Å². The molecule has 0 aliphatic carbocycles. The van der Waals surface area contributed by atoms with Crippen molar-refractivity contribution in [1.82, 2.24) is 4.90 Å². The Hall–Kier alpha value is -0.540. The van der Waals surface area contributed by atoms with E-state index < -0.39 is 0 Å². The van der Waals surface area contributed by atoms with Crippen molar-refractivity contribution in [2.45, 2.75) is 0 Å². The topological polar surface area (TPSA) is 6.48 Å². The molecular formula is C9H14N2S. The quantitative estimate of drug-likeness (QED) is 0.649. The fraction of sp³-hybridized carbons (Fsp3) is 0.556. The molecule has 1 aromatic heterocycles. The molecule has 1 fully saturated rings. The maximum atomic E-state index is 2.46. The summed E-state index contributed by atoms with van der Waals surface area (Å²) in [6.45, 7) is 4.74. The fourth-order valence-corrected chi connectivity index (χ4v) is 2.26. The molecule has 0 amide bonds. The lowest BCUT2D eigenvalue weighted by molar-refractivity contribution is 0.313. The summed E-state index contributed by atoms with van der Waals surface area (Å²) in [7, 11) is 2.19. The summed E-state index contributed by atoms with van der Waals surface area (Å²) < 4.78 is 0. The van der Waals surface area contributed by atoms with Crippen LogP contribution in [0, 0.1) is 0 Å². The highest BCUT2D eigenvalue weighted by atomic mass is 32.1. The van der Waals surface area contributed by atoms with E-state index in [9.17, 15) is 0 Å². The highest BCUT2D eigenvalue weighted by Crippen LogP contribution is 2.21. The first-order valence-electron chi connectivity index (χ1n) is 4.33. The van der Waals surface area contributed by atoms with Gasteiger partial charge in [0.05, 0.1) is 5.00 Å². The Labute approximate surface area is 77.4 Å². The Kier molecular flexibility index (Phi) is 2.33. The highest BCUT2D eigenvalue weighted by molar-refractivity contribution is 7.14. The van der Waals surface area contributed by atoms with Gasteiger partial charge >= 0.3 is 0 Å². The zero-order valence-corrected chi connectivity index (χ0v) is 8.18. The van der Waals surface area contributed by atoms with Crippen LogP contribution in [0.5, 0.6) is 0 Å². The molecule has 0 saturated carbocycles. The second-order valence-corrected chi connectivity index (χ2v) is 4.17. The minimum atomic E-state index is 1.18. The van der Waals surface area contributed by atoms with Crippen molar-refractivity contribution < 1.29 is 0 Å². The number of rotatable bonds is 1. The lowest BCUT2D eigenvalue weighted by Crippen LogP contribution is -2.44. The fourth-order valence-electron chi connectivity index (χ4n) is 1.48. The maximum absolute atomic E-state index is 2.46. The van der Waals surface area contributed by atoms with Crippen LogP contribution in [0.15, 0.2) is 17.5 Å². The first-order valence-corrected chi connectivity index (χ1v) is 5.21. The van der Waals surface area contributed by atoms with E-state index in [4.69, 9.17) is 0 Å². The molecule has 0 spiro atoms. The van der Waals surface area contributed by atoms with E-state index in [1.54, 1.807) is 0 Å². The van der Waals surface area contributed by atoms with Crippen molar-refractivity contribution in [3.8, 4) is 0 Å². The van der Waals surface area contributed by atoms with Gasteiger partial charge in [-0.25, -0.2) is 0 Å². The molecule has 3 heteroatoms. The highest BCUT2D eigenvalue weighted by Gasteiger charge is 2.13. The van der Waals surface area contributed by atoms with E-state index in [2.05, 4.69) is 34.4 Å². The van der Waals surface area contributed by atoms with Gasteiger partial charge in [-0.1, -0.05) is 0 Å². The van der Waals surface area contributed by atoms with Gasteiger partial charge in [0.25, 0.3) is 0 Å². The van der Waals surface area contributed by atoms with Crippen LogP contribution in [0.4, 0.5) is 5.00 Å². The first kappa shape index (κ1) is 8.08. The third-order valence-electron chi connectivity index (χ3n) is 2.32. The lowest BCUT2D eigenvalue weighted by Gasteiger charge is -2.32. The van der Waals surface area contributed by atoms with Crippen LogP contribution in [0.25, 0.3) is 0 Å². The number of piperazine rings is 1. The lowest BCUT2D eigenvalue weighted by atomic mass is 10.3. The molecule has 0 bridgehead atoms. The van der Waals surface area contributed by atoms with Crippen molar-refractivity contribution in [3.05, 3.63) is 17.5 Å². The zero-order chi connectivity index (χ0) is 8.39. The standard InChI is InChI=1S/C9H14N2S/c1-10-4-6-11(7-5-10)9-3-2-8-12-9/h2-3,8H,4-7H2,1H3. The van der Waals surface area contributed by atoms with Gasteiger partial charge in [-0.05, 0) is 24.6 Å². The maximum Gasteiger partial charge on any atom is 0.0909 e. The van der Waals surface area contributed by atoms with Crippen LogP contribution in [-0.2, 0) is 0 Å². The average molecular weight is 182 g/mol. The molecule has 66 valence electrons. The normalized spacial score (nSPS) is 19.9. The van der Waals surface area contributed by atoms with Crippen molar-refractivity contribution in [1.29, 1.82) is 0 Å². The van der Waals surface area contributed by atoms with E-state index in [-0.39, 0.29) is 0 Å². The third kappa shape index (κ3) is 1.62. The molecule has 1 aliphatic heterocycles. The van der Waals surface area contributed by atoms with E-state index in [0.717, 1.165) is 0 Å². The van der Waals surface area contributed by atoms with E-state index in [1.807, 2.05) is 11.3 Å². The summed E-state index contributed by atoms with van der Waals surface area (Å²) in [6, 6.07) is 4.33. The van der Waals surface area contributed by atoms with Crippen LogP contribution in [0.3, 0.4) is 0 Å². The molecule has 0 radical (unpaired) electrons. The van der Waals surface area contributed by atoms with Gasteiger partial charge in [-0.15, -0.1) is 11.3 Å². The van der Waals surface area contributed by atoms with E-state index in [1.165, 1.54) is 31.2 Å². The summed E-state index contributed by atoms with van der Waals surface area (Å²) >= 11 is 1.84. The molecule has 0 N–H and O–H groups in total. The van der Waals surface area contributed by atoms with Crippen LogP contribution in [-0.4, -0.2) is 38.1 Å². The number of hydrogen-bond donors (Lipinski definition) is 0. The van der Waals surface area contributed by atoms with E-state index >= 15 is 0 Å². The van der Waals surface area contributed by atoms with Crippen molar-refractivity contribution >= 4 is 16.3 Å². The first-order chi connectivity index (χ1) is 5.86. The predicted octanol–water partition coefficient (Wildman–Crippen LogP) is 1.50. The molecular weight excluding hydrogens is 168 g/mol. The molecule has 1 aliphatic rings. The predicted molar refractivity (Wildman–Crippen MR) is 54.0 cm³/mol. The smallest absolute Gasteiger partial charge is 0.0909 e. The number of thiophene rings is 1. The van der Waals surface area contributed by atoms with Gasteiger partial charge in [0.1, 0.15) is 0 Å². The molecule has 2 heterocycles. The minimum absolute atomic E-state index is 1.18. The Morgan fingerprint density at radius 2 is 2.00 bits per heavy atom. The van der Waals surface area contributed by atoms with Gasteiger partial charge in [-0.3, -0.25) is 0 Å². The van der Waals surface area contributed by atoms with Gasteiger partial charge in [0, 0.05) is 26.2 Å². The van der Waals surface area contributed by atoms with Crippen LogP contribution in [0.2, 0.25) is 0 Å². The average Bonchev–Trinajstić information content (AvgIpc) is 2.58. The molecule has 2 nitrogen and oxygen atoms in total. The summed E-state index contributed by atoms with van der Waals surface area (Å²) in [5, 5.41) is 3.57. The summed E-state index contributed by atoms with van der Waals surface area (Å²) in [4.78, 5) is 4.84. The van der Waals surface area contributed by atoms with Gasteiger partial charge in [0.2, 0.25) is 0 Å². The molecule has 2 rings (SSSR count).